The van der Waals surface area contributed by atoms with Gasteiger partial charge in [-0.2, -0.15) is 0 Å². The van der Waals surface area contributed by atoms with Gasteiger partial charge >= 0.3 is 0 Å². The standard InChI is InChI=1S/C38H36FN2O/c1-23-10-12-26-28-22-27(24-14-18-40-19-15-24)34(39)33(36(28)42-35(26)32(23)31-9-7-8-20-41(31)6)25-11-13-29-30(21-25)38(4,5)17-16-37(29,2)3/h7-15,18-22H,16-17H2,1-6H3/q+1. The molecule has 0 aliphatic heterocycles. The highest BCUT2D eigenvalue weighted by atomic mass is 19.1. The van der Waals surface area contributed by atoms with Crippen LogP contribution in [-0.4, -0.2) is 4.98 Å². The fraction of sp³-hybridized carbons (Fsp3) is 0.263. The Labute approximate surface area is 246 Å². The minimum Gasteiger partial charge on any atom is -0.454 e. The molecule has 7 rings (SSSR count). The Morgan fingerprint density at radius 3 is 2.21 bits per heavy atom. The molecule has 3 aromatic heterocycles. The molecule has 0 atom stereocenters. The van der Waals surface area contributed by atoms with Gasteiger partial charge in [-0.25, -0.2) is 8.96 Å². The summed E-state index contributed by atoms with van der Waals surface area (Å²) in [5.41, 5.74) is 9.96. The molecule has 6 aromatic rings. The summed E-state index contributed by atoms with van der Waals surface area (Å²) >= 11 is 0. The molecule has 1 aliphatic carbocycles. The van der Waals surface area contributed by atoms with Crippen LogP contribution in [-0.2, 0) is 17.9 Å². The molecule has 3 aromatic carbocycles. The van der Waals surface area contributed by atoms with E-state index in [0.29, 0.717) is 16.7 Å². The molecule has 0 fully saturated rings. The molecule has 0 N–H and O–H groups in total. The molecular weight excluding hydrogens is 519 g/mol. The van der Waals surface area contributed by atoms with Gasteiger partial charge in [-0.1, -0.05) is 58.0 Å². The van der Waals surface area contributed by atoms with E-state index in [2.05, 4.69) is 80.6 Å². The zero-order valence-corrected chi connectivity index (χ0v) is 25.2. The molecule has 0 saturated heterocycles. The highest BCUT2D eigenvalue weighted by Crippen LogP contribution is 2.49. The van der Waals surface area contributed by atoms with Gasteiger partial charge in [0.1, 0.15) is 24.0 Å². The van der Waals surface area contributed by atoms with E-state index >= 15 is 4.39 Å². The number of aromatic nitrogens is 2. The van der Waals surface area contributed by atoms with Gasteiger partial charge in [0, 0.05) is 40.9 Å². The van der Waals surface area contributed by atoms with Gasteiger partial charge in [-0.05, 0) is 82.7 Å². The molecule has 3 nitrogen and oxygen atoms in total. The van der Waals surface area contributed by atoms with Crippen molar-refractivity contribution in [1.29, 1.82) is 0 Å². The number of nitrogens with zero attached hydrogens (tertiary/aromatic N) is 2. The van der Waals surface area contributed by atoms with Crippen molar-refractivity contribution in [3.63, 3.8) is 0 Å². The van der Waals surface area contributed by atoms with Crippen LogP contribution in [0.2, 0.25) is 0 Å². The van der Waals surface area contributed by atoms with Crippen molar-refractivity contribution in [2.24, 2.45) is 7.05 Å². The van der Waals surface area contributed by atoms with Crippen molar-refractivity contribution in [3.05, 3.63) is 108 Å². The highest BCUT2D eigenvalue weighted by Gasteiger charge is 2.37. The number of aryl methyl sites for hydroxylation is 2. The monoisotopic (exact) mass is 555 g/mol. The largest absolute Gasteiger partial charge is 0.454 e. The third kappa shape index (κ3) is 3.99. The van der Waals surface area contributed by atoms with Crippen LogP contribution >= 0.6 is 0 Å². The van der Waals surface area contributed by atoms with Crippen molar-refractivity contribution in [2.45, 2.75) is 58.3 Å². The van der Waals surface area contributed by atoms with Crippen LogP contribution in [0.15, 0.2) is 89.7 Å². The normalized spacial score (nSPS) is 15.7. The summed E-state index contributed by atoms with van der Waals surface area (Å²) in [5, 5.41) is 1.88. The Morgan fingerprint density at radius 1 is 0.762 bits per heavy atom. The molecule has 0 saturated carbocycles. The first-order valence-corrected chi connectivity index (χ1v) is 14.8. The molecule has 0 spiro atoms. The smallest absolute Gasteiger partial charge is 0.216 e. The average molecular weight is 556 g/mol. The molecule has 3 heterocycles. The predicted octanol–water partition coefficient (Wildman–Crippen LogP) is 9.60. The lowest BCUT2D eigenvalue weighted by atomic mass is 9.63. The molecule has 0 amide bonds. The molecule has 0 bridgehead atoms. The zero-order chi connectivity index (χ0) is 29.4. The topological polar surface area (TPSA) is 29.9 Å². The number of halogens is 1. The molecule has 42 heavy (non-hydrogen) atoms. The van der Waals surface area contributed by atoms with Crippen molar-refractivity contribution in [1.82, 2.24) is 4.98 Å². The summed E-state index contributed by atoms with van der Waals surface area (Å²) in [6.07, 6.45) is 7.69. The van der Waals surface area contributed by atoms with Gasteiger partial charge in [-0.3, -0.25) is 4.98 Å². The predicted molar refractivity (Wildman–Crippen MR) is 169 cm³/mol. The van der Waals surface area contributed by atoms with Gasteiger partial charge in [0.15, 0.2) is 6.20 Å². The van der Waals surface area contributed by atoms with E-state index in [-0.39, 0.29) is 16.6 Å². The third-order valence-electron chi connectivity index (χ3n) is 9.52. The summed E-state index contributed by atoms with van der Waals surface area (Å²) in [4.78, 5) is 4.18. The number of fused-ring (bicyclic) bond motifs is 4. The van der Waals surface area contributed by atoms with E-state index < -0.39 is 0 Å². The Hall–Kier alpha value is -4.31. The summed E-state index contributed by atoms with van der Waals surface area (Å²) in [7, 11) is 2.04. The Bertz CT molecular complexity index is 2020. The van der Waals surface area contributed by atoms with E-state index in [1.54, 1.807) is 12.4 Å². The first-order chi connectivity index (χ1) is 20.1. The van der Waals surface area contributed by atoms with E-state index in [4.69, 9.17) is 4.42 Å². The van der Waals surface area contributed by atoms with Crippen LogP contribution in [0.1, 0.15) is 57.2 Å². The second-order valence-electron chi connectivity index (χ2n) is 13.2. The Kier molecular flexibility index (Phi) is 5.92. The van der Waals surface area contributed by atoms with E-state index in [1.807, 2.05) is 43.6 Å². The lowest BCUT2D eigenvalue weighted by Gasteiger charge is -2.42. The fourth-order valence-corrected chi connectivity index (χ4v) is 6.89. The first-order valence-electron chi connectivity index (χ1n) is 14.8. The van der Waals surface area contributed by atoms with Gasteiger partial charge in [0.05, 0.1) is 11.1 Å². The molecule has 0 unspecified atom stereocenters. The highest BCUT2D eigenvalue weighted by molar-refractivity contribution is 6.14. The fourth-order valence-electron chi connectivity index (χ4n) is 6.89. The third-order valence-corrected chi connectivity index (χ3v) is 9.52. The Balaban J connectivity index is 1.60. The molecule has 210 valence electrons. The van der Waals surface area contributed by atoms with Gasteiger partial charge in [-0.15, -0.1) is 0 Å². The number of furan rings is 1. The maximum Gasteiger partial charge on any atom is 0.216 e. The number of rotatable bonds is 3. The van der Waals surface area contributed by atoms with Crippen LogP contribution in [0.3, 0.4) is 0 Å². The molecular formula is C38H36FN2O+. The average Bonchev–Trinajstić information content (AvgIpc) is 3.34. The second kappa shape index (κ2) is 9.35. The summed E-state index contributed by atoms with van der Waals surface area (Å²) in [5.74, 6) is -0.274. The van der Waals surface area contributed by atoms with Crippen molar-refractivity contribution >= 4 is 21.9 Å². The van der Waals surface area contributed by atoms with Crippen LogP contribution in [0.4, 0.5) is 4.39 Å². The van der Waals surface area contributed by atoms with Gasteiger partial charge < -0.3 is 4.42 Å². The van der Waals surface area contributed by atoms with Gasteiger partial charge in [0.2, 0.25) is 5.69 Å². The van der Waals surface area contributed by atoms with E-state index in [1.165, 1.54) is 11.1 Å². The van der Waals surface area contributed by atoms with Crippen molar-refractivity contribution < 1.29 is 13.4 Å². The number of hydrogen-bond donors (Lipinski definition) is 0. The minimum atomic E-state index is -0.274. The van der Waals surface area contributed by atoms with Gasteiger partial charge in [0.25, 0.3) is 0 Å². The SMILES string of the molecule is Cc1ccc2c(oc3c(-c4ccc5c(c4)C(C)(C)CCC5(C)C)c(F)c(-c4ccncc4)cc32)c1-c1cccc[n+]1C. The molecule has 1 aliphatic rings. The van der Waals surface area contributed by atoms with E-state index in [9.17, 15) is 0 Å². The second-order valence-corrected chi connectivity index (χ2v) is 13.2. The summed E-state index contributed by atoms with van der Waals surface area (Å²) in [6, 6.07) is 22.6. The Morgan fingerprint density at radius 2 is 1.48 bits per heavy atom. The zero-order valence-electron chi connectivity index (χ0n) is 25.2. The summed E-state index contributed by atoms with van der Waals surface area (Å²) in [6.45, 7) is 11.3. The summed E-state index contributed by atoms with van der Waals surface area (Å²) < 4.78 is 25.9. The quantitative estimate of drug-likeness (QED) is 0.204. The molecule has 0 radical (unpaired) electrons. The van der Waals surface area contributed by atoms with Crippen LogP contribution < -0.4 is 4.57 Å². The minimum absolute atomic E-state index is 0.000612. The van der Waals surface area contributed by atoms with Crippen LogP contribution in [0.5, 0.6) is 0 Å². The van der Waals surface area contributed by atoms with Crippen molar-refractivity contribution in [2.75, 3.05) is 0 Å². The first kappa shape index (κ1) is 26.6. The lowest BCUT2D eigenvalue weighted by molar-refractivity contribution is -0.660. The maximum atomic E-state index is 17.0. The number of pyridine rings is 2. The molecule has 4 heteroatoms. The lowest BCUT2D eigenvalue weighted by Crippen LogP contribution is -2.33. The number of hydrogen-bond acceptors (Lipinski definition) is 2. The van der Waals surface area contributed by atoms with Crippen LogP contribution in [0, 0.1) is 12.7 Å². The number of benzene rings is 3. The van der Waals surface area contributed by atoms with Crippen molar-refractivity contribution in [3.8, 4) is 33.5 Å². The van der Waals surface area contributed by atoms with E-state index in [0.717, 1.165) is 57.1 Å². The maximum absolute atomic E-state index is 17.0. The van der Waals surface area contributed by atoms with Crippen LogP contribution in [0.25, 0.3) is 55.4 Å².